The molecule has 2 aromatic rings. The van der Waals surface area contributed by atoms with Crippen LogP contribution >= 0.6 is 11.3 Å². The highest BCUT2D eigenvalue weighted by Gasteiger charge is 2.26. The number of pyridine rings is 1. The van der Waals surface area contributed by atoms with E-state index in [2.05, 4.69) is 9.97 Å². The van der Waals surface area contributed by atoms with Crippen molar-refractivity contribution in [2.45, 2.75) is 18.8 Å². The van der Waals surface area contributed by atoms with E-state index in [4.69, 9.17) is 0 Å². The maximum Gasteiger partial charge on any atom is 0.151 e. The zero-order valence-corrected chi connectivity index (χ0v) is 8.80. The van der Waals surface area contributed by atoms with Crippen molar-refractivity contribution in [3.05, 3.63) is 35.4 Å². The summed E-state index contributed by atoms with van der Waals surface area (Å²) >= 11 is 1.51. The third-order valence-electron chi connectivity index (χ3n) is 2.52. The molecule has 0 bridgehead atoms. The van der Waals surface area contributed by atoms with Crippen LogP contribution in [0.2, 0.25) is 0 Å². The van der Waals surface area contributed by atoms with Gasteiger partial charge in [0.1, 0.15) is 5.01 Å². The molecule has 0 saturated heterocycles. The molecule has 0 radical (unpaired) electrons. The summed E-state index contributed by atoms with van der Waals surface area (Å²) in [5, 5.41) is 2.80. The first-order valence-electron chi connectivity index (χ1n) is 4.90. The van der Waals surface area contributed by atoms with Crippen molar-refractivity contribution in [2.24, 2.45) is 0 Å². The normalized spacial score (nSPS) is 15.5. The molecule has 2 heterocycles. The first-order chi connectivity index (χ1) is 7.34. The molecule has 4 heteroatoms. The van der Waals surface area contributed by atoms with E-state index in [0.29, 0.717) is 11.5 Å². The Bertz CT molecular complexity index is 491. The Morgan fingerprint density at radius 3 is 3.00 bits per heavy atom. The van der Waals surface area contributed by atoms with Gasteiger partial charge in [0.15, 0.2) is 5.82 Å². The van der Waals surface area contributed by atoms with Gasteiger partial charge in [0.05, 0.1) is 11.9 Å². The van der Waals surface area contributed by atoms with E-state index in [1.165, 1.54) is 30.4 Å². The molecule has 0 unspecified atom stereocenters. The molecule has 2 nitrogen and oxygen atoms in total. The smallest absolute Gasteiger partial charge is 0.151 e. The van der Waals surface area contributed by atoms with Gasteiger partial charge in [-0.2, -0.15) is 0 Å². The predicted molar refractivity (Wildman–Crippen MR) is 57.3 cm³/mol. The highest BCUT2D eigenvalue weighted by Crippen LogP contribution is 2.41. The summed E-state index contributed by atoms with van der Waals surface area (Å²) in [5.41, 5.74) is 1.67. The molecule has 15 heavy (non-hydrogen) atoms. The minimum absolute atomic E-state index is 0.297. The molecule has 1 aliphatic carbocycles. The minimum Gasteiger partial charge on any atom is -0.262 e. The molecule has 1 fully saturated rings. The number of aromatic nitrogens is 2. The van der Waals surface area contributed by atoms with Crippen LogP contribution in [-0.2, 0) is 0 Å². The second-order valence-corrected chi connectivity index (χ2v) is 4.57. The molecule has 0 spiro atoms. The van der Waals surface area contributed by atoms with Crippen LogP contribution in [-0.4, -0.2) is 9.97 Å². The molecular formula is C11H9FN2S. The van der Waals surface area contributed by atoms with Crippen LogP contribution < -0.4 is 0 Å². The lowest BCUT2D eigenvalue weighted by Gasteiger charge is -1.96. The Balaban J connectivity index is 2.01. The van der Waals surface area contributed by atoms with Crippen LogP contribution in [0.4, 0.5) is 4.39 Å². The summed E-state index contributed by atoms with van der Waals surface area (Å²) in [7, 11) is 0. The quantitative estimate of drug-likeness (QED) is 0.776. The molecule has 2 aromatic heterocycles. The first kappa shape index (κ1) is 8.97. The molecule has 0 N–H and O–H groups in total. The SMILES string of the molecule is Fc1cnccc1-c1nc(C2CC2)cs1. The monoisotopic (exact) mass is 220 g/mol. The summed E-state index contributed by atoms with van der Waals surface area (Å²) in [6, 6.07) is 1.67. The molecule has 1 saturated carbocycles. The standard InChI is InChI=1S/C11H9FN2S/c12-9-5-13-4-3-8(9)11-14-10(6-15-11)7-1-2-7/h3-7H,1-2H2. The fraction of sp³-hybridized carbons (Fsp3) is 0.273. The lowest BCUT2D eigenvalue weighted by Crippen LogP contribution is -1.85. The summed E-state index contributed by atoms with van der Waals surface area (Å²) in [6.45, 7) is 0. The third kappa shape index (κ3) is 1.65. The van der Waals surface area contributed by atoms with Crippen LogP contribution in [0.1, 0.15) is 24.5 Å². The number of hydrogen-bond acceptors (Lipinski definition) is 3. The van der Waals surface area contributed by atoms with Crippen LogP contribution in [0.15, 0.2) is 23.8 Å². The van der Waals surface area contributed by atoms with E-state index in [-0.39, 0.29) is 5.82 Å². The number of halogens is 1. The topological polar surface area (TPSA) is 25.8 Å². The largest absolute Gasteiger partial charge is 0.262 e. The van der Waals surface area contributed by atoms with Crippen LogP contribution in [0.25, 0.3) is 10.6 Å². The van der Waals surface area contributed by atoms with Gasteiger partial charge in [-0.3, -0.25) is 4.98 Å². The van der Waals surface area contributed by atoms with Crippen molar-refractivity contribution < 1.29 is 4.39 Å². The fourth-order valence-electron chi connectivity index (χ4n) is 1.53. The van der Waals surface area contributed by atoms with Crippen molar-refractivity contribution in [2.75, 3.05) is 0 Å². The van der Waals surface area contributed by atoms with E-state index in [9.17, 15) is 4.39 Å². The van der Waals surface area contributed by atoms with Crippen LogP contribution in [0.5, 0.6) is 0 Å². The van der Waals surface area contributed by atoms with Gasteiger partial charge in [0, 0.05) is 23.1 Å². The number of rotatable bonds is 2. The summed E-state index contributed by atoms with van der Waals surface area (Å²) in [6.07, 6.45) is 5.27. The van der Waals surface area contributed by atoms with Crippen molar-refractivity contribution in [1.82, 2.24) is 9.97 Å². The van der Waals surface area contributed by atoms with E-state index < -0.39 is 0 Å². The molecule has 0 aliphatic heterocycles. The lowest BCUT2D eigenvalue weighted by molar-refractivity contribution is 0.625. The van der Waals surface area contributed by atoms with Crippen molar-refractivity contribution in [3.8, 4) is 10.6 Å². The Morgan fingerprint density at radius 2 is 2.27 bits per heavy atom. The van der Waals surface area contributed by atoms with Gasteiger partial charge in [0.2, 0.25) is 0 Å². The second-order valence-electron chi connectivity index (χ2n) is 3.71. The maximum absolute atomic E-state index is 13.4. The highest BCUT2D eigenvalue weighted by molar-refractivity contribution is 7.13. The zero-order chi connectivity index (χ0) is 10.3. The number of nitrogens with zero attached hydrogens (tertiary/aromatic N) is 2. The Labute approximate surface area is 90.8 Å². The van der Waals surface area contributed by atoms with Crippen LogP contribution in [0, 0.1) is 5.82 Å². The molecule has 1 aliphatic rings. The molecular weight excluding hydrogens is 211 g/mol. The van der Waals surface area contributed by atoms with Gasteiger partial charge in [0.25, 0.3) is 0 Å². The minimum atomic E-state index is -0.297. The van der Waals surface area contributed by atoms with Gasteiger partial charge >= 0.3 is 0 Å². The summed E-state index contributed by atoms with van der Waals surface area (Å²) < 4.78 is 13.4. The average molecular weight is 220 g/mol. The number of hydrogen-bond donors (Lipinski definition) is 0. The Morgan fingerprint density at radius 1 is 1.40 bits per heavy atom. The van der Waals surface area contributed by atoms with Gasteiger partial charge in [-0.15, -0.1) is 11.3 Å². The van der Waals surface area contributed by atoms with Gasteiger partial charge in [-0.25, -0.2) is 9.37 Å². The van der Waals surface area contributed by atoms with E-state index in [1.807, 2.05) is 5.38 Å². The van der Waals surface area contributed by atoms with Gasteiger partial charge in [-0.1, -0.05) is 0 Å². The lowest BCUT2D eigenvalue weighted by atomic mass is 10.2. The van der Waals surface area contributed by atoms with Gasteiger partial charge in [-0.05, 0) is 18.9 Å². The van der Waals surface area contributed by atoms with Crippen LogP contribution in [0.3, 0.4) is 0 Å². The molecule has 0 amide bonds. The van der Waals surface area contributed by atoms with Gasteiger partial charge < -0.3 is 0 Å². The van der Waals surface area contributed by atoms with E-state index >= 15 is 0 Å². The average Bonchev–Trinajstić information content (AvgIpc) is 2.99. The second kappa shape index (κ2) is 3.38. The third-order valence-corrected chi connectivity index (χ3v) is 3.41. The molecule has 0 atom stereocenters. The Kier molecular flexibility index (Phi) is 2.02. The Hall–Kier alpha value is -1.29. The highest BCUT2D eigenvalue weighted by atomic mass is 32.1. The van der Waals surface area contributed by atoms with E-state index in [1.54, 1.807) is 12.3 Å². The fourth-order valence-corrected chi connectivity index (χ4v) is 2.45. The zero-order valence-electron chi connectivity index (χ0n) is 7.98. The van der Waals surface area contributed by atoms with Crippen molar-refractivity contribution in [1.29, 1.82) is 0 Å². The number of thiazole rings is 1. The molecule has 3 rings (SSSR count). The summed E-state index contributed by atoms with van der Waals surface area (Å²) in [5.74, 6) is 0.328. The van der Waals surface area contributed by atoms with E-state index in [0.717, 1.165) is 10.7 Å². The van der Waals surface area contributed by atoms with Crippen molar-refractivity contribution >= 4 is 11.3 Å². The molecule has 0 aromatic carbocycles. The maximum atomic E-state index is 13.4. The van der Waals surface area contributed by atoms with Crippen molar-refractivity contribution in [3.63, 3.8) is 0 Å². The predicted octanol–water partition coefficient (Wildman–Crippen LogP) is 3.22. The summed E-state index contributed by atoms with van der Waals surface area (Å²) in [4.78, 5) is 8.18. The first-order valence-corrected chi connectivity index (χ1v) is 5.78. The molecule has 76 valence electrons.